The molecule has 4 rings (SSSR count). The Morgan fingerprint density at radius 2 is 1.94 bits per heavy atom. The third-order valence-corrected chi connectivity index (χ3v) is 5.95. The number of nitrogens with one attached hydrogen (secondary N) is 1. The number of rotatable bonds is 7. The number of carbonyl (C=O) groups excluding carboxylic acids is 1. The van der Waals surface area contributed by atoms with Crippen molar-refractivity contribution in [3.8, 4) is 16.3 Å². The van der Waals surface area contributed by atoms with Crippen LogP contribution in [0, 0.1) is 6.92 Å². The van der Waals surface area contributed by atoms with Crippen LogP contribution in [0.1, 0.15) is 46.0 Å². The minimum atomic E-state index is -4.63. The Morgan fingerprint density at radius 3 is 2.48 bits per heavy atom. The van der Waals surface area contributed by atoms with Gasteiger partial charge in [-0.15, -0.1) is 11.3 Å². The van der Waals surface area contributed by atoms with Gasteiger partial charge in [0.25, 0.3) is 5.91 Å². The number of ether oxygens (including phenoxy) is 2. The van der Waals surface area contributed by atoms with Gasteiger partial charge in [0.1, 0.15) is 16.9 Å². The molecule has 1 unspecified atom stereocenters. The van der Waals surface area contributed by atoms with Crippen LogP contribution in [-0.2, 0) is 10.9 Å². The van der Waals surface area contributed by atoms with Gasteiger partial charge in [0.2, 0.25) is 5.82 Å². The van der Waals surface area contributed by atoms with E-state index < -0.39 is 23.9 Å². The predicted molar refractivity (Wildman–Crippen MR) is 115 cm³/mol. The summed E-state index contributed by atoms with van der Waals surface area (Å²) in [5.41, 5.74) is 1.47. The van der Waals surface area contributed by atoms with E-state index in [0.717, 1.165) is 27.8 Å². The zero-order valence-corrected chi connectivity index (χ0v) is 18.7. The molecule has 1 fully saturated rings. The van der Waals surface area contributed by atoms with E-state index in [1.165, 1.54) is 11.3 Å². The van der Waals surface area contributed by atoms with Crippen molar-refractivity contribution < 1.29 is 27.4 Å². The molecular weight excluding hydrogens is 457 g/mol. The van der Waals surface area contributed by atoms with Gasteiger partial charge in [0, 0.05) is 40.2 Å². The number of hydrogen-bond acceptors (Lipinski definition) is 7. The topological polar surface area (TPSA) is 86.2 Å². The number of halogens is 3. The van der Waals surface area contributed by atoms with E-state index in [1.807, 2.05) is 19.9 Å². The monoisotopic (exact) mass is 478 g/mol. The van der Waals surface area contributed by atoms with Crippen molar-refractivity contribution in [2.45, 2.75) is 38.6 Å². The Hall–Kier alpha value is -3.05. The lowest BCUT2D eigenvalue weighted by Crippen LogP contribution is -2.38. The first kappa shape index (κ1) is 23.1. The fourth-order valence-electron chi connectivity index (χ4n) is 3.21. The summed E-state index contributed by atoms with van der Waals surface area (Å²) in [5, 5.41) is 3.60. The summed E-state index contributed by atoms with van der Waals surface area (Å²) in [4.78, 5) is 25.3. The number of aryl methyl sites for hydroxylation is 1. The number of aromatic nitrogens is 3. The van der Waals surface area contributed by atoms with E-state index >= 15 is 0 Å². The lowest BCUT2D eigenvalue weighted by Gasteiger charge is -2.27. The summed E-state index contributed by atoms with van der Waals surface area (Å²) in [6.07, 6.45) is -0.338. The van der Waals surface area contributed by atoms with Crippen molar-refractivity contribution in [2.75, 3.05) is 13.2 Å². The van der Waals surface area contributed by atoms with Gasteiger partial charge < -0.3 is 14.8 Å². The first-order chi connectivity index (χ1) is 15.7. The van der Waals surface area contributed by atoms with E-state index in [-0.39, 0.29) is 6.10 Å². The van der Waals surface area contributed by atoms with Crippen LogP contribution in [0.3, 0.4) is 0 Å². The van der Waals surface area contributed by atoms with Crippen molar-refractivity contribution in [3.63, 3.8) is 0 Å². The number of alkyl halides is 3. The Labute approximate surface area is 192 Å². The zero-order chi connectivity index (χ0) is 23.6. The van der Waals surface area contributed by atoms with Crippen LogP contribution in [0.25, 0.3) is 10.6 Å². The fourth-order valence-corrected chi connectivity index (χ4v) is 3.96. The van der Waals surface area contributed by atoms with Crippen LogP contribution in [0.15, 0.2) is 36.8 Å². The third-order valence-electron chi connectivity index (χ3n) is 4.99. The standard InChI is InChI=1S/C22H21F3N4O3S/c1-3-18(15-8-27-21(28-9-15)22(23,24)25)29-19(30)13-4-14(20-26-7-12(2)33-20)6-16(5-13)32-17-10-31-11-17/h4-9,17-18H,3,10-11H2,1-2H3,(H,29,30). The molecule has 3 aromatic rings. The van der Waals surface area contributed by atoms with E-state index in [1.54, 1.807) is 18.3 Å². The van der Waals surface area contributed by atoms with Crippen LogP contribution >= 0.6 is 11.3 Å². The molecule has 174 valence electrons. The highest BCUT2D eigenvalue weighted by molar-refractivity contribution is 7.14. The normalized spacial score (nSPS) is 15.1. The maximum atomic E-state index is 13.1. The fraction of sp³-hybridized carbons (Fsp3) is 0.364. The second kappa shape index (κ2) is 9.44. The zero-order valence-electron chi connectivity index (χ0n) is 17.8. The summed E-state index contributed by atoms with van der Waals surface area (Å²) in [5.74, 6) is -1.10. The summed E-state index contributed by atoms with van der Waals surface area (Å²) in [6, 6.07) is 4.62. The minimum Gasteiger partial charge on any atom is -0.486 e. The molecule has 11 heteroatoms. The van der Waals surface area contributed by atoms with E-state index in [4.69, 9.17) is 9.47 Å². The van der Waals surface area contributed by atoms with Gasteiger partial charge in [-0.1, -0.05) is 6.92 Å². The molecule has 1 amide bonds. The van der Waals surface area contributed by atoms with Crippen molar-refractivity contribution in [2.24, 2.45) is 0 Å². The number of hydrogen-bond donors (Lipinski definition) is 1. The highest BCUT2D eigenvalue weighted by Crippen LogP contribution is 2.31. The Kier molecular flexibility index (Phi) is 6.61. The number of benzene rings is 1. The summed E-state index contributed by atoms with van der Waals surface area (Å²) in [7, 11) is 0. The Bertz CT molecular complexity index is 1130. The van der Waals surface area contributed by atoms with Gasteiger partial charge in [-0.2, -0.15) is 13.2 Å². The molecule has 2 aromatic heterocycles. The average molecular weight is 478 g/mol. The quantitative estimate of drug-likeness (QED) is 0.535. The molecule has 1 aliphatic heterocycles. The predicted octanol–water partition coefficient (Wildman–Crippen LogP) is 4.59. The largest absolute Gasteiger partial charge is 0.486 e. The van der Waals surface area contributed by atoms with Gasteiger partial charge in [0.05, 0.1) is 19.3 Å². The van der Waals surface area contributed by atoms with Crippen molar-refractivity contribution in [1.82, 2.24) is 20.3 Å². The summed E-state index contributed by atoms with van der Waals surface area (Å²) >= 11 is 1.50. The summed E-state index contributed by atoms with van der Waals surface area (Å²) < 4.78 is 49.3. The first-order valence-electron chi connectivity index (χ1n) is 10.2. The molecule has 0 bridgehead atoms. The molecule has 1 atom stereocenters. The molecule has 0 spiro atoms. The van der Waals surface area contributed by atoms with Gasteiger partial charge in [-0.25, -0.2) is 15.0 Å². The van der Waals surface area contributed by atoms with Crippen molar-refractivity contribution in [1.29, 1.82) is 0 Å². The molecule has 1 aromatic carbocycles. The lowest BCUT2D eigenvalue weighted by atomic mass is 10.1. The molecule has 3 heterocycles. The van der Waals surface area contributed by atoms with Crippen molar-refractivity contribution >= 4 is 17.2 Å². The second-order valence-corrected chi connectivity index (χ2v) is 8.81. The average Bonchev–Trinajstić information content (AvgIpc) is 3.20. The first-order valence-corrected chi connectivity index (χ1v) is 11.1. The van der Waals surface area contributed by atoms with Gasteiger partial charge in [-0.3, -0.25) is 4.79 Å². The third kappa shape index (κ3) is 5.48. The van der Waals surface area contributed by atoms with Crippen LogP contribution in [0.5, 0.6) is 5.75 Å². The Morgan fingerprint density at radius 1 is 1.21 bits per heavy atom. The van der Waals surface area contributed by atoms with E-state index in [0.29, 0.717) is 36.5 Å². The summed E-state index contributed by atoms with van der Waals surface area (Å²) in [6.45, 7) is 4.71. The molecule has 0 aliphatic carbocycles. The molecular formula is C22H21F3N4O3S. The van der Waals surface area contributed by atoms with Gasteiger partial charge >= 0.3 is 6.18 Å². The van der Waals surface area contributed by atoms with Crippen LogP contribution in [0.2, 0.25) is 0 Å². The van der Waals surface area contributed by atoms with Gasteiger partial charge in [-0.05, 0) is 31.5 Å². The number of nitrogens with zero attached hydrogens (tertiary/aromatic N) is 3. The minimum absolute atomic E-state index is 0.0816. The van der Waals surface area contributed by atoms with E-state index in [2.05, 4.69) is 20.3 Å². The molecule has 33 heavy (non-hydrogen) atoms. The van der Waals surface area contributed by atoms with Crippen LogP contribution in [0.4, 0.5) is 13.2 Å². The number of amides is 1. The van der Waals surface area contributed by atoms with Crippen LogP contribution < -0.4 is 10.1 Å². The molecule has 0 radical (unpaired) electrons. The highest BCUT2D eigenvalue weighted by atomic mass is 32.1. The lowest BCUT2D eigenvalue weighted by molar-refractivity contribution is -0.145. The molecule has 1 N–H and O–H groups in total. The molecule has 7 nitrogen and oxygen atoms in total. The maximum absolute atomic E-state index is 13.1. The Balaban J connectivity index is 1.58. The van der Waals surface area contributed by atoms with Crippen LogP contribution in [-0.4, -0.2) is 40.2 Å². The smallest absolute Gasteiger partial charge is 0.451 e. The number of carbonyl (C=O) groups is 1. The molecule has 1 saturated heterocycles. The molecule has 1 aliphatic rings. The highest BCUT2D eigenvalue weighted by Gasteiger charge is 2.34. The second-order valence-electron chi connectivity index (χ2n) is 7.57. The SMILES string of the molecule is CCC(NC(=O)c1cc(OC2COC2)cc(-c2ncc(C)s2)c1)c1cnc(C(F)(F)F)nc1. The van der Waals surface area contributed by atoms with E-state index in [9.17, 15) is 18.0 Å². The van der Waals surface area contributed by atoms with Crippen molar-refractivity contribution in [3.05, 3.63) is 58.6 Å². The maximum Gasteiger partial charge on any atom is 0.451 e. The van der Waals surface area contributed by atoms with Gasteiger partial charge in [0.15, 0.2) is 0 Å². The number of thiazole rings is 1. The molecule has 0 saturated carbocycles.